The molecule has 0 N–H and O–H groups in total. The summed E-state index contributed by atoms with van der Waals surface area (Å²) in [5.41, 5.74) is 18.4. The van der Waals surface area contributed by atoms with Gasteiger partial charge in [-0.25, -0.2) is 0 Å². The van der Waals surface area contributed by atoms with Crippen LogP contribution in [0.25, 0.3) is 55.3 Å². The van der Waals surface area contributed by atoms with E-state index in [1.165, 1.54) is 83.1 Å². The highest BCUT2D eigenvalue weighted by molar-refractivity contribution is 5.92. The molecule has 0 saturated carbocycles. The first-order valence-corrected chi connectivity index (χ1v) is 17.0. The molecule has 0 heteroatoms. The standard InChI is InChI=1S/C45H42/c1-6-44(7-2)40-17-13-12-16-35(40)36-21-18-32(26-41(36)44)33-19-22-37-38-23-20-34(28-43(38)45(8-3,9-4)42(37)27-33)39-25-31-15-11-10-14-30(31)24-29(39)5/h10-28H,6-9H2,1-5H3. The highest BCUT2D eigenvalue weighted by Gasteiger charge is 2.42. The van der Waals surface area contributed by atoms with Gasteiger partial charge in [0.2, 0.25) is 0 Å². The predicted octanol–water partition coefficient (Wildman–Crippen LogP) is 12.7. The minimum absolute atomic E-state index is 0.00496. The predicted molar refractivity (Wildman–Crippen MR) is 193 cm³/mol. The lowest BCUT2D eigenvalue weighted by atomic mass is 9.72. The topological polar surface area (TPSA) is 0 Å². The van der Waals surface area contributed by atoms with E-state index < -0.39 is 0 Å². The van der Waals surface area contributed by atoms with Crippen LogP contribution in [0.1, 0.15) is 81.2 Å². The van der Waals surface area contributed by atoms with Gasteiger partial charge in [0.15, 0.2) is 0 Å². The molecule has 0 saturated heterocycles. The van der Waals surface area contributed by atoms with Crippen LogP contribution in [-0.4, -0.2) is 0 Å². The summed E-state index contributed by atoms with van der Waals surface area (Å²) in [6.07, 6.45) is 4.40. The van der Waals surface area contributed by atoms with Gasteiger partial charge in [-0.15, -0.1) is 0 Å². The van der Waals surface area contributed by atoms with E-state index in [4.69, 9.17) is 0 Å². The molecule has 0 amide bonds. The quantitative estimate of drug-likeness (QED) is 0.183. The van der Waals surface area contributed by atoms with E-state index in [2.05, 4.69) is 150 Å². The molecule has 45 heavy (non-hydrogen) atoms. The van der Waals surface area contributed by atoms with Crippen molar-refractivity contribution in [2.24, 2.45) is 0 Å². The largest absolute Gasteiger partial charge is 0.0642 e. The van der Waals surface area contributed by atoms with Crippen LogP contribution in [0.3, 0.4) is 0 Å². The van der Waals surface area contributed by atoms with Crippen molar-refractivity contribution in [3.05, 3.63) is 143 Å². The summed E-state index contributed by atoms with van der Waals surface area (Å²) in [7, 11) is 0. The van der Waals surface area contributed by atoms with Gasteiger partial charge in [-0.3, -0.25) is 0 Å². The van der Waals surface area contributed by atoms with E-state index in [1.807, 2.05) is 0 Å². The maximum absolute atomic E-state index is 2.53. The smallest absolute Gasteiger partial charge is 0.0210 e. The summed E-state index contributed by atoms with van der Waals surface area (Å²) < 4.78 is 0. The van der Waals surface area contributed by atoms with Gasteiger partial charge in [0.05, 0.1) is 0 Å². The van der Waals surface area contributed by atoms with Crippen LogP contribution in [0, 0.1) is 6.92 Å². The summed E-state index contributed by atoms with van der Waals surface area (Å²) in [6, 6.07) is 44.4. The van der Waals surface area contributed by atoms with Crippen molar-refractivity contribution in [3.63, 3.8) is 0 Å². The molecule has 2 aliphatic carbocycles. The van der Waals surface area contributed by atoms with E-state index in [-0.39, 0.29) is 10.8 Å². The lowest BCUT2D eigenvalue weighted by Crippen LogP contribution is -2.23. The number of rotatable bonds is 6. The molecule has 0 aliphatic heterocycles. The molecule has 0 bridgehead atoms. The lowest BCUT2D eigenvalue weighted by Gasteiger charge is -2.31. The zero-order valence-electron chi connectivity index (χ0n) is 27.3. The van der Waals surface area contributed by atoms with Gasteiger partial charge >= 0.3 is 0 Å². The normalized spacial score (nSPS) is 15.0. The fourth-order valence-corrected chi connectivity index (χ4v) is 9.17. The van der Waals surface area contributed by atoms with Crippen LogP contribution < -0.4 is 0 Å². The lowest BCUT2D eigenvalue weighted by molar-refractivity contribution is 0.490. The molecule has 0 heterocycles. The minimum Gasteiger partial charge on any atom is -0.0642 e. The minimum atomic E-state index is 0.00496. The highest BCUT2D eigenvalue weighted by atomic mass is 14.4. The van der Waals surface area contributed by atoms with Gasteiger partial charge in [-0.05, 0) is 140 Å². The Morgan fingerprint density at radius 3 is 1.36 bits per heavy atom. The van der Waals surface area contributed by atoms with Crippen LogP contribution >= 0.6 is 0 Å². The monoisotopic (exact) mass is 582 g/mol. The molecule has 0 radical (unpaired) electrons. The molecule has 6 aromatic carbocycles. The summed E-state index contributed by atoms with van der Waals surface area (Å²) in [5.74, 6) is 0. The average Bonchev–Trinajstić information content (AvgIpc) is 3.54. The van der Waals surface area contributed by atoms with Crippen molar-refractivity contribution >= 4 is 10.8 Å². The Balaban J connectivity index is 1.25. The van der Waals surface area contributed by atoms with Crippen molar-refractivity contribution in [2.75, 3.05) is 0 Å². The molecule has 222 valence electrons. The third-order valence-corrected chi connectivity index (χ3v) is 11.8. The van der Waals surface area contributed by atoms with E-state index in [9.17, 15) is 0 Å². The van der Waals surface area contributed by atoms with E-state index in [1.54, 1.807) is 0 Å². The number of aryl methyl sites for hydroxylation is 1. The van der Waals surface area contributed by atoms with Crippen LogP contribution in [0.5, 0.6) is 0 Å². The average molecular weight is 583 g/mol. The van der Waals surface area contributed by atoms with Gasteiger partial charge in [-0.2, -0.15) is 0 Å². The Bertz CT molecular complexity index is 2120. The molecular weight excluding hydrogens is 540 g/mol. The fraction of sp³-hybridized carbons (Fsp3) is 0.244. The Kier molecular flexibility index (Phi) is 6.44. The SMILES string of the molecule is CCC1(CC)c2ccccc2-c2ccc(-c3ccc4c(c3)C(CC)(CC)c3cc(-c5cc6ccccc6cc5C)ccc3-4)cc21. The summed E-state index contributed by atoms with van der Waals surface area (Å²) in [6.45, 7) is 11.7. The third-order valence-electron chi connectivity index (χ3n) is 11.8. The summed E-state index contributed by atoms with van der Waals surface area (Å²) >= 11 is 0. The van der Waals surface area contributed by atoms with E-state index >= 15 is 0 Å². The van der Waals surface area contributed by atoms with Crippen LogP contribution in [0.4, 0.5) is 0 Å². The highest BCUT2D eigenvalue weighted by Crippen LogP contribution is 2.56. The Morgan fingerprint density at radius 1 is 0.378 bits per heavy atom. The number of fused-ring (bicyclic) bond motifs is 7. The van der Waals surface area contributed by atoms with Crippen molar-refractivity contribution in [1.82, 2.24) is 0 Å². The zero-order chi connectivity index (χ0) is 30.9. The van der Waals surface area contributed by atoms with Gasteiger partial charge in [0.1, 0.15) is 0 Å². The van der Waals surface area contributed by atoms with Crippen molar-refractivity contribution in [1.29, 1.82) is 0 Å². The molecule has 0 unspecified atom stereocenters. The molecule has 0 nitrogen and oxygen atoms in total. The second-order valence-electron chi connectivity index (χ2n) is 13.4. The van der Waals surface area contributed by atoms with Gasteiger partial charge in [-0.1, -0.05) is 119 Å². The van der Waals surface area contributed by atoms with Crippen LogP contribution in [0.15, 0.2) is 115 Å². The molecule has 0 aromatic heterocycles. The molecule has 6 aromatic rings. The summed E-state index contributed by atoms with van der Waals surface area (Å²) in [5, 5.41) is 2.61. The first-order chi connectivity index (χ1) is 22.0. The maximum Gasteiger partial charge on any atom is 0.0210 e. The van der Waals surface area contributed by atoms with Gasteiger partial charge in [0, 0.05) is 10.8 Å². The molecule has 8 rings (SSSR count). The van der Waals surface area contributed by atoms with Gasteiger partial charge < -0.3 is 0 Å². The van der Waals surface area contributed by atoms with E-state index in [0.717, 1.165) is 25.7 Å². The Labute approximate surface area is 268 Å². The zero-order valence-corrected chi connectivity index (χ0v) is 27.3. The fourth-order valence-electron chi connectivity index (χ4n) is 9.17. The van der Waals surface area contributed by atoms with Crippen molar-refractivity contribution < 1.29 is 0 Å². The Hall–Kier alpha value is -4.42. The second-order valence-corrected chi connectivity index (χ2v) is 13.4. The van der Waals surface area contributed by atoms with Crippen LogP contribution in [0.2, 0.25) is 0 Å². The first kappa shape index (κ1) is 28.1. The van der Waals surface area contributed by atoms with Crippen molar-refractivity contribution in [3.8, 4) is 44.5 Å². The summed E-state index contributed by atoms with van der Waals surface area (Å²) in [4.78, 5) is 0. The molecule has 0 fully saturated rings. The molecule has 2 aliphatic rings. The number of hydrogen-bond acceptors (Lipinski definition) is 0. The van der Waals surface area contributed by atoms with Crippen LogP contribution in [-0.2, 0) is 10.8 Å². The molecule has 0 atom stereocenters. The Morgan fingerprint density at radius 2 is 0.800 bits per heavy atom. The second kappa shape index (κ2) is 10.3. The number of benzene rings is 6. The maximum atomic E-state index is 2.53. The van der Waals surface area contributed by atoms with Gasteiger partial charge in [0.25, 0.3) is 0 Å². The number of hydrogen-bond donors (Lipinski definition) is 0. The molecule has 0 spiro atoms. The van der Waals surface area contributed by atoms with E-state index in [0.29, 0.717) is 0 Å². The first-order valence-electron chi connectivity index (χ1n) is 17.0. The van der Waals surface area contributed by atoms with Crippen molar-refractivity contribution in [2.45, 2.75) is 71.1 Å². The third kappa shape index (κ3) is 3.84. The molecular formula is C45H42.